The summed E-state index contributed by atoms with van der Waals surface area (Å²) in [7, 11) is 0. The number of anilines is 3. The van der Waals surface area contributed by atoms with Crippen molar-refractivity contribution in [2.24, 2.45) is 0 Å². The fourth-order valence-corrected chi connectivity index (χ4v) is 8.18. The lowest BCUT2D eigenvalue weighted by molar-refractivity contribution is 1.28. The van der Waals surface area contributed by atoms with Gasteiger partial charge in [-0.15, -0.1) is 0 Å². The van der Waals surface area contributed by atoms with Crippen LogP contribution < -0.4 is 4.90 Å². The van der Waals surface area contributed by atoms with Crippen molar-refractivity contribution < 1.29 is 0 Å². The summed E-state index contributed by atoms with van der Waals surface area (Å²) in [6.45, 7) is 0. The van der Waals surface area contributed by atoms with Gasteiger partial charge in [-0.25, -0.2) is 0 Å². The van der Waals surface area contributed by atoms with Gasteiger partial charge in [-0.3, -0.25) is 0 Å². The second kappa shape index (κ2) is 15.0. The first-order valence-corrected chi connectivity index (χ1v) is 19.6. The molecule has 1 heteroatoms. The highest BCUT2D eigenvalue weighted by Gasteiger charge is 2.20. The van der Waals surface area contributed by atoms with Gasteiger partial charge in [-0.1, -0.05) is 176 Å². The third-order valence-electron chi connectivity index (χ3n) is 11.0. The number of nitrogens with zero attached hydrogens (tertiary/aromatic N) is 1. The Balaban J connectivity index is 1.14. The molecule has 10 rings (SSSR count). The summed E-state index contributed by atoms with van der Waals surface area (Å²) in [6, 6.07) is 85.8. The fraction of sp³-hybridized carbons (Fsp3) is 0. The quantitative estimate of drug-likeness (QED) is 0.151. The second-order valence-corrected chi connectivity index (χ2v) is 14.6. The van der Waals surface area contributed by atoms with Gasteiger partial charge in [0.05, 0.1) is 0 Å². The van der Waals surface area contributed by atoms with Crippen LogP contribution in [0.4, 0.5) is 17.1 Å². The highest BCUT2D eigenvalue weighted by Crippen LogP contribution is 2.45. The zero-order valence-electron chi connectivity index (χ0n) is 31.5. The van der Waals surface area contributed by atoms with Crippen LogP contribution in [-0.4, -0.2) is 0 Å². The van der Waals surface area contributed by atoms with Crippen LogP contribution in [0.15, 0.2) is 237 Å². The Kier molecular flexibility index (Phi) is 8.95. The van der Waals surface area contributed by atoms with Crippen LogP contribution in [0, 0.1) is 0 Å². The van der Waals surface area contributed by atoms with Crippen LogP contribution in [-0.2, 0) is 0 Å². The molecule has 0 aliphatic rings. The van der Waals surface area contributed by atoms with E-state index in [2.05, 4.69) is 241 Å². The molecule has 0 atom stereocenters. The summed E-state index contributed by atoms with van der Waals surface area (Å²) >= 11 is 0. The van der Waals surface area contributed by atoms with E-state index in [1.807, 2.05) is 0 Å². The largest absolute Gasteiger partial charge is 0.310 e. The van der Waals surface area contributed by atoms with E-state index in [0.29, 0.717) is 0 Å². The maximum atomic E-state index is 2.38. The van der Waals surface area contributed by atoms with Gasteiger partial charge in [-0.2, -0.15) is 0 Å². The lowest BCUT2D eigenvalue weighted by Gasteiger charge is -2.27. The van der Waals surface area contributed by atoms with E-state index < -0.39 is 0 Å². The van der Waals surface area contributed by atoms with Crippen molar-refractivity contribution in [1.29, 1.82) is 0 Å². The fourth-order valence-electron chi connectivity index (χ4n) is 8.18. The normalized spacial score (nSPS) is 11.2. The smallest absolute Gasteiger partial charge is 0.0467 e. The summed E-state index contributed by atoms with van der Waals surface area (Å²) in [5.41, 5.74) is 15.2. The first-order valence-electron chi connectivity index (χ1n) is 19.6. The van der Waals surface area contributed by atoms with Crippen LogP contribution in [0.3, 0.4) is 0 Å². The maximum Gasteiger partial charge on any atom is 0.0467 e. The van der Waals surface area contributed by atoms with E-state index in [1.54, 1.807) is 0 Å². The molecule has 0 saturated heterocycles. The Bertz CT molecular complexity index is 2920. The van der Waals surface area contributed by atoms with Crippen molar-refractivity contribution in [3.8, 4) is 55.6 Å². The zero-order valence-corrected chi connectivity index (χ0v) is 31.5. The molecule has 10 aromatic carbocycles. The molecule has 0 bridgehead atoms. The van der Waals surface area contributed by atoms with Gasteiger partial charge in [0, 0.05) is 17.1 Å². The Morgan fingerprint density at radius 3 is 1.19 bits per heavy atom. The topological polar surface area (TPSA) is 3.24 Å². The molecule has 0 spiro atoms. The molecular formula is C56H39N. The van der Waals surface area contributed by atoms with Crippen molar-refractivity contribution in [2.75, 3.05) is 4.90 Å². The van der Waals surface area contributed by atoms with Crippen molar-refractivity contribution in [3.05, 3.63) is 237 Å². The predicted octanol–water partition coefficient (Wildman–Crippen LogP) is 15.8. The third-order valence-corrected chi connectivity index (χ3v) is 11.0. The lowest BCUT2D eigenvalue weighted by Crippen LogP contribution is -2.10. The number of benzene rings is 10. The summed E-state index contributed by atoms with van der Waals surface area (Å²) in [5.74, 6) is 0. The van der Waals surface area contributed by atoms with Gasteiger partial charge >= 0.3 is 0 Å². The molecule has 0 N–H and O–H groups in total. The van der Waals surface area contributed by atoms with E-state index in [9.17, 15) is 0 Å². The molecule has 0 aromatic heterocycles. The molecule has 0 saturated carbocycles. The molecule has 0 heterocycles. The van der Waals surface area contributed by atoms with Gasteiger partial charge in [0.2, 0.25) is 0 Å². The van der Waals surface area contributed by atoms with E-state index >= 15 is 0 Å². The summed E-state index contributed by atoms with van der Waals surface area (Å²) in [6.07, 6.45) is 0. The summed E-state index contributed by atoms with van der Waals surface area (Å²) in [5, 5.41) is 4.98. The number of hydrogen-bond donors (Lipinski definition) is 0. The molecule has 0 radical (unpaired) electrons. The molecule has 57 heavy (non-hydrogen) atoms. The summed E-state index contributed by atoms with van der Waals surface area (Å²) in [4.78, 5) is 2.36. The second-order valence-electron chi connectivity index (χ2n) is 14.6. The SMILES string of the molecule is c1ccc(-c2cc(-c3ccc4ccccc4c3)cc(-c3ccccc3)c2-c2cccc(N(c3ccccc3)c3ccc(-c4ccc5ccccc5c4)cc3)c2)cc1. The van der Waals surface area contributed by atoms with E-state index in [1.165, 1.54) is 71.6 Å². The molecule has 10 aromatic rings. The van der Waals surface area contributed by atoms with Gasteiger partial charge in [0.25, 0.3) is 0 Å². The third kappa shape index (κ3) is 6.77. The van der Waals surface area contributed by atoms with Crippen molar-refractivity contribution in [2.45, 2.75) is 0 Å². The zero-order chi connectivity index (χ0) is 38.0. The Morgan fingerprint density at radius 2 is 0.632 bits per heavy atom. The first kappa shape index (κ1) is 34.0. The number of fused-ring (bicyclic) bond motifs is 2. The van der Waals surface area contributed by atoms with E-state index in [0.717, 1.165) is 22.6 Å². The molecule has 1 nitrogen and oxygen atoms in total. The highest BCUT2D eigenvalue weighted by atomic mass is 15.1. The monoisotopic (exact) mass is 725 g/mol. The molecule has 0 amide bonds. The number of hydrogen-bond acceptors (Lipinski definition) is 1. The molecule has 0 aliphatic heterocycles. The van der Waals surface area contributed by atoms with Crippen LogP contribution in [0.25, 0.3) is 77.2 Å². The van der Waals surface area contributed by atoms with Crippen LogP contribution in [0.1, 0.15) is 0 Å². The van der Waals surface area contributed by atoms with Crippen molar-refractivity contribution in [1.82, 2.24) is 0 Å². The van der Waals surface area contributed by atoms with Crippen molar-refractivity contribution in [3.63, 3.8) is 0 Å². The molecule has 0 aliphatic carbocycles. The Hall–Kier alpha value is -7.48. The van der Waals surface area contributed by atoms with Crippen LogP contribution >= 0.6 is 0 Å². The average molecular weight is 726 g/mol. The van der Waals surface area contributed by atoms with Gasteiger partial charge < -0.3 is 4.90 Å². The van der Waals surface area contributed by atoms with E-state index in [-0.39, 0.29) is 0 Å². The Labute approximate surface area is 334 Å². The molecule has 268 valence electrons. The average Bonchev–Trinajstić information content (AvgIpc) is 3.29. The predicted molar refractivity (Wildman–Crippen MR) is 243 cm³/mol. The minimum atomic E-state index is 1.09. The number of para-hydroxylation sites is 1. The molecule has 0 fully saturated rings. The van der Waals surface area contributed by atoms with Crippen LogP contribution in [0.5, 0.6) is 0 Å². The lowest BCUT2D eigenvalue weighted by atomic mass is 9.84. The van der Waals surface area contributed by atoms with E-state index in [4.69, 9.17) is 0 Å². The first-order chi connectivity index (χ1) is 28.2. The van der Waals surface area contributed by atoms with Gasteiger partial charge in [-0.05, 0) is 138 Å². The maximum absolute atomic E-state index is 2.38. The van der Waals surface area contributed by atoms with Crippen LogP contribution in [0.2, 0.25) is 0 Å². The molecular weight excluding hydrogens is 687 g/mol. The van der Waals surface area contributed by atoms with Gasteiger partial charge in [0.1, 0.15) is 0 Å². The highest BCUT2D eigenvalue weighted by molar-refractivity contribution is 5.99. The summed E-state index contributed by atoms with van der Waals surface area (Å²) < 4.78 is 0. The Morgan fingerprint density at radius 1 is 0.211 bits per heavy atom. The number of rotatable bonds is 8. The standard InChI is InChI=1S/C56H39N/c1-4-17-43(18-5-1)54-38-50(48-30-28-41-16-11-13-22-46(41)36-48)39-55(44-19-6-2-7-20-44)56(54)49-23-14-26-53(37-49)57(51-24-8-3-9-25-51)52-33-31-42(32-34-52)47-29-27-40-15-10-12-21-45(40)35-47/h1-39H. The molecule has 0 unspecified atom stereocenters. The van der Waals surface area contributed by atoms with Gasteiger partial charge in [0.15, 0.2) is 0 Å². The minimum Gasteiger partial charge on any atom is -0.310 e. The minimum absolute atomic E-state index is 1.09. The van der Waals surface area contributed by atoms with Crippen molar-refractivity contribution >= 4 is 38.6 Å².